The molecular weight excluding hydrogens is 266 g/mol. The van der Waals surface area contributed by atoms with E-state index in [2.05, 4.69) is 5.16 Å². The zero-order valence-corrected chi connectivity index (χ0v) is 11.7. The fraction of sp³-hybridized carbons (Fsp3) is 0.429. The molecule has 104 valence electrons. The normalized spacial score (nSPS) is 11.4. The van der Waals surface area contributed by atoms with Crippen LogP contribution >= 0.6 is 11.6 Å². The molecule has 5 heteroatoms. The molecule has 0 saturated carbocycles. The first-order valence-electron chi connectivity index (χ1n) is 6.30. The summed E-state index contributed by atoms with van der Waals surface area (Å²) in [5, 5.41) is 13.2. The molecule has 4 nitrogen and oxygen atoms in total. The van der Waals surface area contributed by atoms with Gasteiger partial charge < -0.3 is 9.94 Å². The third-order valence-electron chi connectivity index (χ3n) is 2.50. The summed E-state index contributed by atoms with van der Waals surface area (Å²) in [5.41, 5.74) is 1.21. The minimum Gasteiger partial charge on any atom is -0.477 e. The van der Waals surface area contributed by atoms with Crippen LogP contribution in [0.3, 0.4) is 0 Å². The van der Waals surface area contributed by atoms with Gasteiger partial charge in [0.1, 0.15) is 6.61 Å². The minimum atomic E-state index is -1.02. The molecule has 0 aliphatic heterocycles. The van der Waals surface area contributed by atoms with Crippen LogP contribution in [-0.2, 0) is 16.1 Å². The standard InChI is InChI=1S/C14H18ClNO3/c1-2-5-13(14(17)18)16-19-9-4-7-11-6-3-8-12(15)10-11/h3,6,8,10H,2,4-5,7,9H2,1H3,(H,17,18). The van der Waals surface area contributed by atoms with E-state index in [9.17, 15) is 4.79 Å². The molecule has 0 aromatic heterocycles. The van der Waals surface area contributed by atoms with Crippen LogP contribution in [-0.4, -0.2) is 23.4 Å². The Morgan fingerprint density at radius 3 is 2.89 bits per heavy atom. The lowest BCUT2D eigenvalue weighted by Gasteiger charge is -2.03. The Kier molecular flexibility index (Phi) is 6.97. The Labute approximate surface area is 118 Å². The molecular formula is C14H18ClNO3. The number of carbonyl (C=O) groups is 1. The van der Waals surface area contributed by atoms with Crippen molar-refractivity contribution in [1.82, 2.24) is 0 Å². The average Bonchev–Trinajstić information content (AvgIpc) is 2.37. The first-order chi connectivity index (χ1) is 9.13. The summed E-state index contributed by atoms with van der Waals surface area (Å²) in [7, 11) is 0. The van der Waals surface area contributed by atoms with Crippen LogP contribution in [0.1, 0.15) is 31.7 Å². The largest absolute Gasteiger partial charge is 0.477 e. The van der Waals surface area contributed by atoms with Gasteiger partial charge in [0, 0.05) is 11.4 Å². The predicted molar refractivity (Wildman–Crippen MR) is 75.7 cm³/mol. The Morgan fingerprint density at radius 2 is 2.26 bits per heavy atom. The molecule has 0 aliphatic carbocycles. The van der Waals surface area contributed by atoms with Crippen molar-refractivity contribution < 1.29 is 14.7 Å². The molecule has 0 fully saturated rings. The summed E-state index contributed by atoms with van der Waals surface area (Å²) in [6, 6.07) is 7.63. The molecule has 0 atom stereocenters. The lowest BCUT2D eigenvalue weighted by atomic mass is 10.1. The fourth-order valence-electron chi connectivity index (χ4n) is 1.59. The van der Waals surface area contributed by atoms with Crippen LogP contribution in [0.25, 0.3) is 0 Å². The number of nitrogens with zero attached hydrogens (tertiary/aromatic N) is 1. The first-order valence-corrected chi connectivity index (χ1v) is 6.68. The number of carboxylic acid groups (broad SMARTS) is 1. The van der Waals surface area contributed by atoms with E-state index in [1.54, 1.807) is 0 Å². The summed E-state index contributed by atoms with van der Waals surface area (Å²) in [4.78, 5) is 15.8. The second kappa shape index (κ2) is 8.53. The Bertz CT molecular complexity index is 446. The molecule has 0 bridgehead atoms. The van der Waals surface area contributed by atoms with Gasteiger partial charge in [-0.25, -0.2) is 4.79 Å². The van der Waals surface area contributed by atoms with Crippen LogP contribution < -0.4 is 0 Å². The van der Waals surface area contributed by atoms with E-state index in [0.717, 1.165) is 24.8 Å². The predicted octanol–water partition coefficient (Wildman–Crippen LogP) is 3.53. The van der Waals surface area contributed by atoms with E-state index >= 15 is 0 Å². The second-order valence-corrected chi connectivity index (χ2v) is 4.60. The van der Waals surface area contributed by atoms with Crippen LogP contribution in [0.4, 0.5) is 0 Å². The number of carboxylic acids is 1. The van der Waals surface area contributed by atoms with E-state index in [0.29, 0.717) is 18.1 Å². The quantitative estimate of drug-likeness (QED) is 0.451. The molecule has 0 unspecified atom stereocenters. The topological polar surface area (TPSA) is 58.9 Å². The number of benzene rings is 1. The van der Waals surface area contributed by atoms with Gasteiger partial charge in [0.15, 0.2) is 5.71 Å². The third kappa shape index (κ3) is 6.25. The number of aryl methyl sites for hydroxylation is 1. The van der Waals surface area contributed by atoms with Crippen LogP contribution in [0.2, 0.25) is 5.02 Å². The van der Waals surface area contributed by atoms with Crippen LogP contribution in [0.15, 0.2) is 29.4 Å². The Hall–Kier alpha value is -1.55. The summed E-state index contributed by atoms with van der Waals surface area (Å²) < 4.78 is 0. The molecule has 0 heterocycles. The molecule has 1 N–H and O–H groups in total. The number of hydrogen-bond donors (Lipinski definition) is 1. The molecule has 1 aromatic carbocycles. The van der Waals surface area contributed by atoms with Gasteiger partial charge in [0.2, 0.25) is 0 Å². The highest BCUT2D eigenvalue weighted by Gasteiger charge is 2.08. The molecule has 0 saturated heterocycles. The Balaban J connectivity index is 2.30. The molecule has 19 heavy (non-hydrogen) atoms. The number of halogens is 1. The van der Waals surface area contributed by atoms with Gasteiger partial charge in [-0.15, -0.1) is 0 Å². The van der Waals surface area contributed by atoms with Gasteiger partial charge >= 0.3 is 5.97 Å². The molecule has 0 radical (unpaired) electrons. The summed E-state index contributed by atoms with van der Waals surface area (Å²) in [6.45, 7) is 2.30. The van der Waals surface area contributed by atoms with Gasteiger partial charge in [0.05, 0.1) is 0 Å². The SMILES string of the molecule is CCCC(=NOCCCc1cccc(Cl)c1)C(=O)O. The first kappa shape index (κ1) is 15.5. The van der Waals surface area contributed by atoms with E-state index < -0.39 is 5.97 Å². The van der Waals surface area contributed by atoms with Crippen molar-refractivity contribution in [3.05, 3.63) is 34.9 Å². The molecule has 1 aromatic rings. The van der Waals surface area contributed by atoms with Crippen LogP contribution in [0, 0.1) is 0 Å². The third-order valence-corrected chi connectivity index (χ3v) is 2.73. The van der Waals surface area contributed by atoms with Crippen molar-refractivity contribution in [3.8, 4) is 0 Å². The number of hydrogen-bond acceptors (Lipinski definition) is 3. The van der Waals surface area contributed by atoms with Gasteiger partial charge in [0.25, 0.3) is 0 Å². The number of rotatable bonds is 8. The highest BCUT2D eigenvalue weighted by Crippen LogP contribution is 2.12. The molecule has 1 rings (SSSR count). The lowest BCUT2D eigenvalue weighted by molar-refractivity contribution is -0.129. The van der Waals surface area contributed by atoms with Crippen molar-refractivity contribution in [1.29, 1.82) is 0 Å². The summed E-state index contributed by atoms with van der Waals surface area (Å²) in [6.07, 6.45) is 2.75. The molecule has 0 aliphatic rings. The zero-order valence-electron chi connectivity index (χ0n) is 10.9. The van der Waals surface area contributed by atoms with E-state index in [-0.39, 0.29) is 5.71 Å². The van der Waals surface area contributed by atoms with Crippen LogP contribution in [0.5, 0.6) is 0 Å². The number of aliphatic carboxylic acids is 1. The smallest absolute Gasteiger partial charge is 0.353 e. The zero-order chi connectivity index (χ0) is 14.1. The summed E-state index contributed by atoms with van der Waals surface area (Å²) >= 11 is 5.88. The second-order valence-electron chi connectivity index (χ2n) is 4.16. The summed E-state index contributed by atoms with van der Waals surface area (Å²) in [5.74, 6) is -1.02. The Morgan fingerprint density at radius 1 is 1.47 bits per heavy atom. The lowest BCUT2D eigenvalue weighted by Crippen LogP contribution is -2.13. The van der Waals surface area contributed by atoms with Gasteiger partial charge in [-0.05, 0) is 30.5 Å². The monoisotopic (exact) mass is 283 g/mol. The van der Waals surface area contributed by atoms with Crippen molar-refractivity contribution in [2.45, 2.75) is 32.6 Å². The van der Waals surface area contributed by atoms with Gasteiger partial charge in [-0.2, -0.15) is 0 Å². The maximum absolute atomic E-state index is 10.8. The fourth-order valence-corrected chi connectivity index (χ4v) is 1.80. The minimum absolute atomic E-state index is 0.0743. The van der Waals surface area contributed by atoms with Crippen molar-refractivity contribution >= 4 is 23.3 Å². The maximum Gasteiger partial charge on any atom is 0.353 e. The highest BCUT2D eigenvalue weighted by molar-refractivity contribution is 6.35. The number of oxime groups is 1. The average molecular weight is 284 g/mol. The van der Waals surface area contributed by atoms with E-state index in [1.807, 2.05) is 31.2 Å². The van der Waals surface area contributed by atoms with Crippen molar-refractivity contribution in [2.75, 3.05) is 6.61 Å². The molecule has 0 spiro atoms. The highest BCUT2D eigenvalue weighted by atomic mass is 35.5. The van der Waals surface area contributed by atoms with E-state index in [4.69, 9.17) is 21.5 Å². The maximum atomic E-state index is 10.8. The molecule has 0 amide bonds. The van der Waals surface area contributed by atoms with Crippen molar-refractivity contribution in [3.63, 3.8) is 0 Å². The van der Waals surface area contributed by atoms with Gasteiger partial charge in [-0.1, -0.05) is 42.2 Å². The van der Waals surface area contributed by atoms with E-state index in [1.165, 1.54) is 0 Å². The van der Waals surface area contributed by atoms with Gasteiger partial charge in [-0.3, -0.25) is 0 Å². The van der Waals surface area contributed by atoms with Crippen molar-refractivity contribution in [2.24, 2.45) is 5.16 Å².